The van der Waals surface area contributed by atoms with Crippen LogP contribution >= 0.6 is 0 Å². The van der Waals surface area contributed by atoms with E-state index >= 15 is 0 Å². The first-order chi connectivity index (χ1) is 11.5. The smallest absolute Gasteiger partial charge is 0.257 e. The SMILES string of the molecule is CCN(CC)c1c(C(=O)NC23CC4CC(CC(C4)C2)C3)cnn1C. The van der Waals surface area contributed by atoms with Crippen molar-refractivity contribution in [3.8, 4) is 0 Å². The van der Waals surface area contributed by atoms with Gasteiger partial charge in [-0.1, -0.05) is 0 Å². The van der Waals surface area contributed by atoms with Crippen LogP contribution in [0, 0.1) is 17.8 Å². The molecular weight excluding hydrogens is 300 g/mol. The molecule has 1 N–H and O–H groups in total. The molecule has 4 bridgehead atoms. The molecule has 5 heteroatoms. The maximum atomic E-state index is 13.1. The van der Waals surface area contributed by atoms with Crippen molar-refractivity contribution in [3.63, 3.8) is 0 Å². The van der Waals surface area contributed by atoms with Gasteiger partial charge in [0.25, 0.3) is 5.91 Å². The van der Waals surface area contributed by atoms with Gasteiger partial charge in [-0.3, -0.25) is 9.48 Å². The lowest BCUT2D eigenvalue weighted by atomic mass is 9.53. The fourth-order valence-corrected chi connectivity index (χ4v) is 6.06. The van der Waals surface area contributed by atoms with Gasteiger partial charge in [0.15, 0.2) is 0 Å². The molecule has 5 rings (SSSR count). The van der Waals surface area contributed by atoms with Crippen LogP contribution in [-0.4, -0.2) is 34.3 Å². The van der Waals surface area contributed by atoms with E-state index in [1.54, 1.807) is 6.20 Å². The molecule has 0 saturated heterocycles. The van der Waals surface area contributed by atoms with Crippen LogP contribution in [0.4, 0.5) is 5.82 Å². The number of hydrogen-bond acceptors (Lipinski definition) is 3. The van der Waals surface area contributed by atoms with Crippen LogP contribution in [-0.2, 0) is 7.05 Å². The molecule has 0 atom stereocenters. The van der Waals surface area contributed by atoms with Crippen LogP contribution in [0.25, 0.3) is 0 Å². The van der Waals surface area contributed by atoms with Gasteiger partial charge in [0, 0.05) is 25.7 Å². The number of aryl methyl sites for hydroxylation is 1. The number of carbonyl (C=O) groups is 1. The third-order valence-electron chi connectivity index (χ3n) is 6.63. The van der Waals surface area contributed by atoms with Crippen LogP contribution in [0.5, 0.6) is 0 Å². The number of rotatable bonds is 5. The van der Waals surface area contributed by atoms with Gasteiger partial charge >= 0.3 is 0 Å². The van der Waals surface area contributed by atoms with E-state index in [2.05, 4.69) is 29.2 Å². The summed E-state index contributed by atoms with van der Waals surface area (Å²) in [5.41, 5.74) is 0.791. The second-order valence-electron chi connectivity index (χ2n) is 8.33. The van der Waals surface area contributed by atoms with Crippen LogP contribution < -0.4 is 10.2 Å². The lowest BCUT2D eigenvalue weighted by Crippen LogP contribution is -2.59. The molecule has 0 spiro atoms. The Morgan fingerprint density at radius 2 is 1.75 bits per heavy atom. The Bertz CT molecular complexity index is 596. The monoisotopic (exact) mass is 330 g/mol. The van der Waals surface area contributed by atoms with E-state index in [4.69, 9.17) is 0 Å². The number of hydrogen-bond donors (Lipinski definition) is 1. The Kier molecular flexibility index (Phi) is 3.85. The summed E-state index contributed by atoms with van der Waals surface area (Å²) >= 11 is 0. The van der Waals surface area contributed by atoms with E-state index in [1.807, 2.05) is 11.7 Å². The minimum absolute atomic E-state index is 0.0577. The van der Waals surface area contributed by atoms with Crippen molar-refractivity contribution in [2.45, 2.75) is 57.9 Å². The molecule has 132 valence electrons. The summed E-state index contributed by atoms with van der Waals surface area (Å²) in [6.07, 6.45) is 9.48. The van der Waals surface area contributed by atoms with Gasteiger partial charge in [-0.05, 0) is 70.1 Å². The maximum Gasteiger partial charge on any atom is 0.257 e. The molecule has 1 aromatic heterocycles. The third-order valence-corrected chi connectivity index (χ3v) is 6.63. The number of carbonyl (C=O) groups excluding carboxylic acids is 1. The summed E-state index contributed by atoms with van der Waals surface area (Å²) in [6.45, 7) is 6.01. The van der Waals surface area contributed by atoms with Gasteiger partial charge in [0.05, 0.1) is 6.20 Å². The summed E-state index contributed by atoms with van der Waals surface area (Å²) in [7, 11) is 1.93. The van der Waals surface area contributed by atoms with E-state index in [0.29, 0.717) is 0 Å². The van der Waals surface area contributed by atoms with Crippen LogP contribution in [0.3, 0.4) is 0 Å². The van der Waals surface area contributed by atoms with Crippen molar-refractivity contribution in [2.75, 3.05) is 18.0 Å². The van der Waals surface area contributed by atoms with Crippen LogP contribution in [0.15, 0.2) is 6.20 Å². The predicted octanol–water partition coefficient (Wildman–Crippen LogP) is 2.96. The summed E-state index contributed by atoms with van der Waals surface area (Å²) in [5.74, 6) is 3.54. The van der Waals surface area contributed by atoms with E-state index in [0.717, 1.165) is 42.2 Å². The molecule has 4 aliphatic carbocycles. The lowest BCUT2D eigenvalue weighted by Gasteiger charge is -2.56. The average molecular weight is 330 g/mol. The largest absolute Gasteiger partial charge is 0.357 e. The minimum Gasteiger partial charge on any atom is -0.357 e. The first-order valence-corrected chi connectivity index (χ1v) is 9.63. The Balaban J connectivity index is 1.57. The molecule has 0 aliphatic heterocycles. The zero-order chi connectivity index (χ0) is 16.9. The van der Waals surface area contributed by atoms with Crippen molar-refractivity contribution in [2.24, 2.45) is 24.8 Å². The molecule has 4 fully saturated rings. The number of amides is 1. The second kappa shape index (κ2) is 5.78. The summed E-state index contributed by atoms with van der Waals surface area (Å²) in [5, 5.41) is 7.84. The van der Waals surface area contributed by atoms with E-state index in [1.165, 1.54) is 38.5 Å². The normalized spacial score (nSPS) is 33.7. The topological polar surface area (TPSA) is 50.2 Å². The van der Waals surface area contributed by atoms with E-state index in [-0.39, 0.29) is 11.4 Å². The number of nitrogens with one attached hydrogen (secondary N) is 1. The maximum absolute atomic E-state index is 13.1. The molecule has 4 aliphatic rings. The fourth-order valence-electron chi connectivity index (χ4n) is 6.06. The predicted molar refractivity (Wildman–Crippen MR) is 95.1 cm³/mol. The molecular formula is C19H30N4O. The van der Waals surface area contributed by atoms with Gasteiger partial charge in [-0.25, -0.2) is 0 Å². The third kappa shape index (κ3) is 2.52. The first kappa shape index (κ1) is 16.0. The van der Waals surface area contributed by atoms with Crippen LogP contribution in [0.1, 0.15) is 62.7 Å². The lowest BCUT2D eigenvalue weighted by molar-refractivity contribution is -0.0166. The van der Waals surface area contributed by atoms with Crippen molar-refractivity contribution in [3.05, 3.63) is 11.8 Å². The quantitative estimate of drug-likeness (QED) is 0.903. The Morgan fingerprint density at radius 3 is 2.25 bits per heavy atom. The first-order valence-electron chi connectivity index (χ1n) is 9.63. The molecule has 0 unspecified atom stereocenters. The minimum atomic E-state index is 0.0577. The van der Waals surface area contributed by atoms with Gasteiger partial charge in [-0.2, -0.15) is 5.10 Å². The second-order valence-corrected chi connectivity index (χ2v) is 8.33. The van der Waals surface area contributed by atoms with Crippen molar-refractivity contribution in [1.82, 2.24) is 15.1 Å². The molecule has 0 aromatic carbocycles. The Hall–Kier alpha value is -1.52. The van der Waals surface area contributed by atoms with Gasteiger partial charge in [0.2, 0.25) is 0 Å². The summed E-state index contributed by atoms with van der Waals surface area (Å²) in [6, 6.07) is 0. The number of aromatic nitrogens is 2. The molecule has 5 nitrogen and oxygen atoms in total. The highest BCUT2D eigenvalue weighted by atomic mass is 16.1. The van der Waals surface area contributed by atoms with Crippen molar-refractivity contribution in [1.29, 1.82) is 0 Å². The molecule has 0 radical (unpaired) electrons. The van der Waals surface area contributed by atoms with Gasteiger partial charge < -0.3 is 10.2 Å². The fraction of sp³-hybridized carbons (Fsp3) is 0.789. The van der Waals surface area contributed by atoms with Gasteiger partial charge in [0.1, 0.15) is 11.4 Å². The van der Waals surface area contributed by atoms with E-state index in [9.17, 15) is 4.79 Å². The highest BCUT2D eigenvalue weighted by Gasteiger charge is 2.51. The standard InChI is InChI=1S/C19H30N4O/c1-4-23(5-2)18-16(12-20-22(18)3)17(24)21-19-9-13-6-14(10-19)8-15(7-13)11-19/h12-15H,4-11H2,1-3H3,(H,21,24). The van der Waals surface area contributed by atoms with Crippen LogP contribution in [0.2, 0.25) is 0 Å². The summed E-state index contributed by atoms with van der Waals surface area (Å²) in [4.78, 5) is 15.3. The van der Waals surface area contributed by atoms with Crippen molar-refractivity contribution < 1.29 is 4.79 Å². The number of anilines is 1. The zero-order valence-electron chi connectivity index (χ0n) is 15.2. The number of nitrogens with zero attached hydrogens (tertiary/aromatic N) is 3. The molecule has 1 heterocycles. The van der Waals surface area contributed by atoms with Crippen molar-refractivity contribution >= 4 is 11.7 Å². The molecule has 4 saturated carbocycles. The molecule has 1 amide bonds. The van der Waals surface area contributed by atoms with Gasteiger partial charge in [-0.15, -0.1) is 0 Å². The molecule has 1 aromatic rings. The Labute approximate surface area is 144 Å². The van der Waals surface area contributed by atoms with E-state index < -0.39 is 0 Å². The highest BCUT2D eigenvalue weighted by molar-refractivity contribution is 5.99. The Morgan fingerprint density at radius 1 is 1.21 bits per heavy atom. The highest BCUT2D eigenvalue weighted by Crippen LogP contribution is 2.55. The summed E-state index contributed by atoms with van der Waals surface area (Å²) < 4.78 is 1.83. The average Bonchev–Trinajstić information content (AvgIpc) is 2.89. The molecule has 24 heavy (non-hydrogen) atoms. The zero-order valence-corrected chi connectivity index (χ0v) is 15.2.